The molecule has 0 bridgehead atoms. The van der Waals surface area contributed by atoms with Crippen molar-refractivity contribution in [2.75, 3.05) is 7.11 Å². The quantitative estimate of drug-likeness (QED) is 0.641. The topological polar surface area (TPSA) is 39.9 Å². The molecule has 0 atom stereocenters. The van der Waals surface area contributed by atoms with E-state index in [4.69, 9.17) is 16.3 Å². The van der Waals surface area contributed by atoms with Crippen molar-refractivity contribution < 1.29 is 4.74 Å². The van der Waals surface area contributed by atoms with Gasteiger partial charge in [0.2, 0.25) is 0 Å². The summed E-state index contributed by atoms with van der Waals surface area (Å²) in [6.45, 7) is 0. The SMILES string of the molecule is COc1cccc(-c2nnc(SCc3ccccc3Cl)n2C)c1. The second-order valence-electron chi connectivity index (χ2n) is 4.98. The molecule has 0 aliphatic rings. The number of ether oxygens (including phenoxy) is 1. The molecule has 0 aliphatic heterocycles. The van der Waals surface area contributed by atoms with Gasteiger partial charge >= 0.3 is 0 Å². The van der Waals surface area contributed by atoms with Crippen LogP contribution in [0.2, 0.25) is 5.02 Å². The highest BCUT2D eigenvalue weighted by molar-refractivity contribution is 7.98. The third kappa shape index (κ3) is 3.51. The molecule has 0 aliphatic carbocycles. The first-order valence-corrected chi connectivity index (χ1v) is 8.45. The fourth-order valence-electron chi connectivity index (χ4n) is 2.21. The number of halogens is 1. The van der Waals surface area contributed by atoms with Crippen LogP contribution in [0.3, 0.4) is 0 Å². The molecule has 3 aromatic rings. The normalized spacial score (nSPS) is 10.7. The molecule has 2 aromatic carbocycles. The first kappa shape index (κ1) is 15.9. The highest BCUT2D eigenvalue weighted by atomic mass is 35.5. The third-order valence-electron chi connectivity index (χ3n) is 3.48. The lowest BCUT2D eigenvalue weighted by molar-refractivity contribution is 0.415. The summed E-state index contributed by atoms with van der Waals surface area (Å²) < 4.78 is 7.25. The number of thioether (sulfide) groups is 1. The molecular formula is C17H16ClN3OS. The zero-order valence-electron chi connectivity index (χ0n) is 12.9. The molecule has 4 nitrogen and oxygen atoms in total. The Morgan fingerprint density at radius 1 is 1.13 bits per heavy atom. The Bertz CT molecular complexity index is 819. The second kappa shape index (κ2) is 7.06. The summed E-state index contributed by atoms with van der Waals surface area (Å²) in [6.07, 6.45) is 0. The smallest absolute Gasteiger partial charge is 0.191 e. The minimum absolute atomic E-state index is 0.754. The Morgan fingerprint density at radius 2 is 1.96 bits per heavy atom. The second-order valence-corrected chi connectivity index (χ2v) is 6.33. The Morgan fingerprint density at radius 3 is 2.74 bits per heavy atom. The van der Waals surface area contributed by atoms with E-state index in [9.17, 15) is 0 Å². The van der Waals surface area contributed by atoms with Crippen molar-refractivity contribution in [1.29, 1.82) is 0 Å². The van der Waals surface area contributed by atoms with Crippen LogP contribution in [0.4, 0.5) is 0 Å². The van der Waals surface area contributed by atoms with Crippen LogP contribution in [0.1, 0.15) is 5.56 Å². The molecule has 0 spiro atoms. The van der Waals surface area contributed by atoms with Gasteiger partial charge in [-0.05, 0) is 23.8 Å². The van der Waals surface area contributed by atoms with Crippen molar-refractivity contribution in [3.05, 3.63) is 59.1 Å². The number of nitrogens with zero attached hydrogens (tertiary/aromatic N) is 3. The third-order valence-corrected chi connectivity index (χ3v) is 4.92. The van der Waals surface area contributed by atoms with Crippen molar-refractivity contribution >= 4 is 23.4 Å². The predicted molar refractivity (Wildman–Crippen MR) is 94.0 cm³/mol. The number of aromatic nitrogens is 3. The first-order chi connectivity index (χ1) is 11.2. The molecule has 3 rings (SSSR count). The Balaban J connectivity index is 1.80. The van der Waals surface area contributed by atoms with E-state index in [2.05, 4.69) is 10.2 Å². The molecule has 0 saturated heterocycles. The molecule has 0 amide bonds. The number of hydrogen-bond donors (Lipinski definition) is 0. The van der Waals surface area contributed by atoms with Gasteiger partial charge in [-0.2, -0.15) is 0 Å². The minimum Gasteiger partial charge on any atom is -0.497 e. The van der Waals surface area contributed by atoms with Crippen molar-refractivity contribution in [3.8, 4) is 17.1 Å². The van der Waals surface area contributed by atoms with Crippen LogP contribution in [0.25, 0.3) is 11.4 Å². The molecule has 0 N–H and O–H groups in total. The molecule has 1 aromatic heterocycles. The predicted octanol–water partition coefficient (Wildman–Crippen LogP) is 4.44. The Labute approximate surface area is 144 Å². The number of hydrogen-bond acceptors (Lipinski definition) is 4. The molecule has 0 fully saturated rings. The van der Waals surface area contributed by atoms with E-state index in [1.165, 1.54) is 0 Å². The van der Waals surface area contributed by atoms with Gasteiger partial charge in [0, 0.05) is 23.4 Å². The highest BCUT2D eigenvalue weighted by Crippen LogP contribution is 2.28. The van der Waals surface area contributed by atoms with Crippen molar-refractivity contribution in [2.24, 2.45) is 7.05 Å². The lowest BCUT2D eigenvalue weighted by Gasteiger charge is -2.06. The summed E-state index contributed by atoms with van der Waals surface area (Å²) >= 11 is 7.81. The van der Waals surface area contributed by atoms with Crippen LogP contribution < -0.4 is 4.74 Å². The van der Waals surface area contributed by atoms with Crippen molar-refractivity contribution in [2.45, 2.75) is 10.9 Å². The molecule has 0 unspecified atom stereocenters. The van der Waals surface area contributed by atoms with E-state index in [-0.39, 0.29) is 0 Å². The van der Waals surface area contributed by atoms with Gasteiger partial charge < -0.3 is 9.30 Å². The van der Waals surface area contributed by atoms with E-state index in [1.54, 1.807) is 18.9 Å². The van der Waals surface area contributed by atoms with Crippen molar-refractivity contribution in [1.82, 2.24) is 14.8 Å². The molecule has 6 heteroatoms. The maximum atomic E-state index is 6.19. The number of rotatable bonds is 5. The van der Waals surface area contributed by atoms with Crippen LogP contribution in [0.15, 0.2) is 53.7 Å². The van der Waals surface area contributed by atoms with E-state index in [0.717, 1.165) is 38.6 Å². The molecule has 118 valence electrons. The maximum Gasteiger partial charge on any atom is 0.191 e. The Hall–Kier alpha value is -1.98. The average Bonchev–Trinajstić information content (AvgIpc) is 2.95. The van der Waals surface area contributed by atoms with E-state index in [1.807, 2.05) is 60.1 Å². The van der Waals surface area contributed by atoms with Gasteiger partial charge in [-0.15, -0.1) is 10.2 Å². The number of methoxy groups -OCH3 is 1. The summed E-state index contributed by atoms with van der Waals surface area (Å²) in [7, 11) is 3.62. The van der Waals surface area contributed by atoms with Gasteiger partial charge in [0.25, 0.3) is 0 Å². The van der Waals surface area contributed by atoms with Crippen molar-refractivity contribution in [3.63, 3.8) is 0 Å². The summed E-state index contributed by atoms with van der Waals surface area (Å²) in [5, 5.41) is 10.2. The lowest BCUT2D eigenvalue weighted by atomic mass is 10.2. The Kier molecular flexibility index (Phi) is 4.88. The lowest BCUT2D eigenvalue weighted by Crippen LogP contribution is -1.95. The monoisotopic (exact) mass is 345 g/mol. The summed E-state index contributed by atoms with van der Waals surface area (Å²) in [5.74, 6) is 2.37. The molecule has 0 saturated carbocycles. The summed E-state index contributed by atoms with van der Waals surface area (Å²) in [4.78, 5) is 0. The van der Waals surface area contributed by atoms with Gasteiger partial charge in [0.15, 0.2) is 11.0 Å². The molecule has 23 heavy (non-hydrogen) atoms. The highest BCUT2D eigenvalue weighted by Gasteiger charge is 2.12. The van der Waals surface area contributed by atoms with Crippen LogP contribution in [-0.4, -0.2) is 21.9 Å². The zero-order valence-corrected chi connectivity index (χ0v) is 14.4. The largest absolute Gasteiger partial charge is 0.497 e. The zero-order chi connectivity index (χ0) is 16.2. The van der Waals surface area contributed by atoms with E-state index < -0.39 is 0 Å². The van der Waals surface area contributed by atoms with Crippen LogP contribution >= 0.6 is 23.4 Å². The van der Waals surface area contributed by atoms with Gasteiger partial charge in [0.1, 0.15) is 5.75 Å². The first-order valence-electron chi connectivity index (χ1n) is 7.09. The average molecular weight is 346 g/mol. The van der Waals surface area contributed by atoms with Crippen LogP contribution in [0, 0.1) is 0 Å². The van der Waals surface area contributed by atoms with Crippen LogP contribution in [0.5, 0.6) is 5.75 Å². The molecule has 0 radical (unpaired) electrons. The minimum atomic E-state index is 0.754. The van der Waals surface area contributed by atoms with E-state index >= 15 is 0 Å². The van der Waals surface area contributed by atoms with Crippen LogP contribution in [-0.2, 0) is 12.8 Å². The molecular weight excluding hydrogens is 330 g/mol. The summed E-state index contributed by atoms with van der Waals surface area (Å²) in [6, 6.07) is 15.6. The van der Waals surface area contributed by atoms with Gasteiger partial charge in [-0.25, -0.2) is 0 Å². The van der Waals surface area contributed by atoms with Gasteiger partial charge in [0.05, 0.1) is 7.11 Å². The molecule has 1 heterocycles. The fourth-order valence-corrected chi connectivity index (χ4v) is 3.41. The maximum absolute atomic E-state index is 6.19. The standard InChI is InChI=1S/C17H16ClN3OS/c1-21-16(12-7-5-8-14(10-12)22-2)19-20-17(21)23-11-13-6-3-4-9-15(13)18/h3-10H,11H2,1-2H3. The fraction of sp³-hybridized carbons (Fsp3) is 0.176. The summed E-state index contributed by atoms with van der Waals surface area (Å²) in [5.41, 5.74) is 2.06. The van der Waals surface area contributed by atoms with E-state index in [0.29, 0.717) is 0 Å². The van der Waals surface area contributed by atoms with Gasteiger partial charge in [-0.1, -0.05) is 53.7 Å². The van der Waals surface area contributed by atoms with Gasteiger partial charge in [-0.3, -0.25) is 0 Å². The number of benzene rings is 2.